The van der Waals surface area contributed by atoms with Crippen LogP contribution in [0.1, 0.15) is 6.92 Å². The van der Waals surface area contributed by atoms with Crippen LogP contribution in [-0.2, 0) is 9.53 Å². The highest BCUT2D eigenvalue weighted by atomic mass is 16.5. The number of hydrogen-bond donors (Lipinski definition) is 1. The van der Waals surface area contributed by atoms with Crippen LogP contribution in [0.3, 0.4) is 0 Å². The molecular weight excluding hydrogens is 208 g/mol. The molecule has 0 aliphatic carbocycles. The molecule has 0 radical (unpaired) electrons. The molecule has 84 valence electrons. The van der Waals surface area contributed by atoms with Crippen molar-refractivity contribution in [1.29, 1.82) is 0 Å². The molecule has 0 saturated heterocycles. The number of esters is 1. The van der Waals surface area contributed by atoms with Gasteiger partial charge in [0.25, 0.3) is 0 Å². The number of rotatable bonds is 4. The maximum absolute atomic E-state index is 11.1. The van der Waals surface area contributed by atoms with Crippen molar-refractivity contribution >= 4 is 17.6 Å². The maximum atomic E-state index is 11.1. The summed E-state index contributed by atoms with van der Waals surface area (Å²) in [4.78, 5) is 15.3. The van der Waals surface area contributed by atoms with Crippen LogP contribution in [0.5, 0.6) is 0 Å². The zero-order chi connectivity index (χ0) is 11.4. The van der Waals surface area contributed by atoms with Gasteiger partial charge in [-0.2, -0.15) is 4.98 Å². The van der Waals surface area contributed by atoms with Gasteiger partial charge in [0.2, 0.25) is 5.95 Å². The summed E-state index contributed by atoms with van der Waals surface area (Å²) in [5, 5.41) is 6.93. The first kappa shape index (κ1) is 10.4. The van der Waals surface area contributed by atoms with Gasteiger partial charge in [-0.15, -0.1) is 5.10 Å². The number of nitrogens with one attached hydrogen (secondary N) is 1. The monoisotopic (exact) mass is 220 g/mol. The first-order chi connectivity index (χ1) is 7.79. The van der Waals surface area contributed by atoms with Crippen LogP contribution in [0.4, 0.5) is 5.95 Å². The molecule has 16 heavy (non-hydrogen) atoms. The van der Waals surface area contributed by atoms with Crippen LogP contribution in [0, 0.1) is 0 Å². The fourth-order valence-corrected chi connectivity index (χ4v) is 1.27. The maximum Gasteiger partial charge on any atom is 0.325 e. The highest BCUT2D eigenvalue weighted by molar-refractivity contribution is 5.74. The van der Waals surface area contributed by atoms with Crippen molar-refractivity contribution < 1.29 is 9.53 Å². The van der Waals surface area contributed by atoms with Gasteiger partial charge in [-0.05, 0) is 19.1 Å². The number of carbonyl (C=O) groups excluding carboxylic acids is 1. The number of fused-ring (bicyclic) bond motifs is 1. The lowest BCUT2D eigenvalue weighted by atomic mass is 10.5. The van der Waals surface area contributed by atoms with Crippen molar-refractivity contribution in [2.24, 2.45) is 0 Å². The van der Waals surface area contributed by atoms with E-state index in [0.717, 1.165) is 5.65 Å². The van der Waals surface area contributed by atoms with E-state index in [9.17, 15) is 4.79 Å². The van der Waals surface area contributed by atoms with E-state index >= 15 is 0 Å². The van der Waals surface area contributed by atoms with Crippen LogP contribution < -0.4 is 5.32 Å². The summed E-state index contributed by atoms with van der Waals surface area (Å²) in [6, 6.07) is 5.57. The smallest absolute Gasteiger partial charge is 0.325 e. The van der Waals surface area contributed by atoms with E-state index in [-0.39, 0.29) is 12.5 Å². The second-order valence-corrected chi connectivity index (χ2v) is 3.10. The van der Waals surface area contributed by atoms with Crippen molar-refractivity contribution in [3.05, 3.63) is 24.4 Å². The van der Waals surface area contributed by atoms with Gasteiger partial charge in [-0.1, -0.05) is 6.07 Å². The molecule has 0 spiro atoms. The van der Waals surface area contributed by atoms with Crippen LogP contribution in [-0.4, -0.2) is 33.7 Å². The molecule has 2 rings (SSSR count). The summed E-state index contributed by atoms with van der Waals surface area (Å²) >= 11 is 0. The van der Waals surface area contributed by atoms with Crippen LogP contribution >= 0.6 is 0 Å². The number of hydrogen-bond acceptors (Lipinski definition) is 5. The van der Waals surface area contributed by atoms with Crippen molar-refractivity contribution in [1.82, 2.24) is 14.6 Å². The summed E-state index contributed by atoms with van der Waals surface area (Å²) in [5.41, 5.74) is 0.730. The third kappa shape index (κ3) is 2.28. The zero-order valence-electron chi connectivity index (χ0n) is 8.88. The Kier molecular flexibility index (Phi) is 3.00. The Morgan fingerprint density at radius 3 is 3.19 bits per heavy atom. The predicted molar refractivity (Wildman–Crippen MR) is 58.1 cm³/mol. The standard InChI is InChI=1S/C10H12N4O2/c1-2-16-9(15)7-11-10-12-8-5-3-4-6-14(8)13-10/h3-6H,2,7H2,1H3,(H,11,13). The third-order valence-electron chi connectivity index (χ3n) is 1.94. The van der Waals surface area contributed by atoms with Crippen LogP contribution in [0.15, 0.2) is 24.4 Å². The minimum absolute atomic E-state index is 0.0741. The Balaban J connectivity index is 2.02. The number of nitrogens with zero attached hydrogens (tertiary/aromatic N) is 3. The molecule has 0 bridgehead atoms. The topological polar surface area (TPSA) is 68.5 Å². The lowest BCUT2D eigenvalue weighted by molar-refractivity contribution is -0.140. The zero-order valence-corrected chi connectivity index (χ0v) is 8.88. The molecule has 0 aliphatic rings. The largest absolute Gasteiger partial charge is 0.465 e. The molecule has 6 heteroatoms. The van der Waals surface area contributed by atoms with Crippen LogP contribution in [0.2, 0.25) is 0 Å². The highest BCUT2D eigenvalue weighted by Gasteiger charge is 2.05. The number of ether oxygens (including phenoxy) is 1. The summed E-state index contributed by atoms with van der Waals surface area (Å²) in [6.45, 7) is 2.21. The fourth-order valence-electron chi connectivity index (χ4n) is 1.27. The number of aromatic nitrogens is 3. The summed E-state index contributed by atoms with van der Waals surface area (Å²) in [5.74, 6) is 0.0978. The van der Waals surface area contributed by atoms with Gasteiger partial charge in [-0.3, -0.25) is 4.79 Å². The molecule has 2 heterocycles. The summed E-state index contributed by atoms with van der Waals surface area (Å²) in [6.07, 6.45) is 1.79. The molecule has 2 aromatic rings. The van der Waals surface area contributed by atoms with Crippen molar-refractivity contribution in [2.45, 2.75) is 6.92 Å². The van der Waals surface area contributed by atoms with E-state index < -0.39 is 0 Å². The van der Waals surface area contributed by atoms with E-state index in [1.165, 1.54) is 0 Å². The molecular formula is C10H12N4O2. The van der Waals surface area contributed by atoms with Gasteiger partial charge in [0.1, 0.15) is 6.54 Å². The predicted octanol–water partition coefficient (Wildman–Crippen LogP) is 0.704. The normalized spacial score (nSPS) is 10.3. The number of anilines is 1. The third-order valence-corrected chi connectivity index (χ3v) is 1.94. The van der Waals surface area contributed by atoms with Gasteiger partial charge >= 0.3 is 5.97 Å². The molecule has 0 amide bonds. The van der Waals surface area contributed by atoms with Gasteiger partial charge in [0.05, 0.1) is 6.61 Å². The first-order valence-electron chi connectivity index (χ1n) is 5.00. The van der Waals surface area contributed by atoms with Gasteiger partial charge in [0.15, 0.2) is 5.65 Å². The fraction of sp³-hybridized carbons (Fsp3) is 0.300. The van der Waals surface area contributed by atoms with Crippen molar-refractivity contribution in [3.63, 3.8) is 0 Å². The molecule has 0 aromatic carbocycles. The van der Waals surface area contributed by atoms with Crippen LogP contribution in [0.25, 0.3) is 5.65 Å². The van der Waals surface area contributed by atoms with E-state index in [1.54, 1.807) is 17.6 Å². The molecule has 0 aliphatic heterocycles. The Morgan fingerprint density at radius 1 is 1.56 bits per heavy atom. The molecule has 0 atom stereocenters. The lowest BCUT2D eigenvalue weighted by Gasteiger charge is -2.00. The first-order valence-corrected chi connectivity index (χ1v) is 5.00. The van der Waals surface area contributed by atoms with E-state index in [2.05, 4.69) is 15.4 Å². The molecule has 0 fully saturated rings. The molecule has 2 aromatic heterocycles. The van der Waals surface area contributed by atoms with Gasteiger partial charge in [0, 0.05) is 6.20 Å². The second kappa shape index (κ2) is 4.61. The Hall–Kier alpha value is -2.11. The van der Waals surface area contributed by atoms with E-state index in [1.807, 2.05) is 18.2 Å². The van der Waals surface area contributed by atoms with Gasteiger partial charge < -0.3 is 10.1 Å². The molecule has 0 saturated carbocycles. The Morgan fingerprint density at radius 2 is 2.44 bits per heavy atom. The molecule has 1 N–H and O–H groups in total. The van der Waals surface area contributed by atoms with Crippen molar-refractivity contribution in [3.8, 4) is 0 Å². The molecule has 0 unspecified atom stereocenters. The van der Waals surface area contributed by atoms with E-state index in [4.69, 9.17) is 4.74 Å². The SMILES string of the molecule is CCOC(=O)CNc1nc2ccccn2n1. The minimum atomic E-state index is -0.318. The molecule has 6 nitrogen and oxygen atoms in total. The summed E-state index contributed by atoms with van der Waals surface area (Å²) < 4.78 is 6.41. The Labute approximate surface area is 92.2 Å². The highest BCUT2D eigenvalue weighted by Crippen LogP contribution is 2.03. The Bertz CT molecular complexity index is 461. The average molecular weight is 220 g/mol. The van der Waals surface area contributed by atoms with Gasteiger partial charge in [-0.25, -0.2) is 4.52 Å². The lowest BCUT2D eigenvalue weighted by Crippen LogP contribution is -2.17. The number of carbonyl (C=O) groups is 1. The average Bonchev–Trinajstić information content (AvgIpc) is 2.69. The summed E-state index contributed by atoms with van der Waals surface area (Å²) in [7, 11) is 0. The van der Waals surface area contributed by atoms with E-state index in [0.29, 0.717) is 12.6 Å². The van der Waals surface area contributed by atoms with Crippen molar-refractivity contribution in [2.75, 3.05) is 18.5 Å². The number of pyridine rings is 1. The quantitative estimate of drug-likeness (QED) is 0.768. The minimum Gasteiger partial charge on any atom is -0.465 e. The second-order valence-electron chi connectivity index (χ2n) is 3.10.